The summed E-state index contributed by atoms with van der Waals surface area (Å²) in [7, 11) is 0. The first-order chi connectivity index (χ1) is 16.7. The number of hydrazine groups is 1. The summed E-state index contributed by atoms with van der Waals surface area (Å²) in [5.41, 5.74) is 7.48. The van der Waals surface area contributed by atoms with Gasteiger partial charge in [0.2, 0.25) is 11.8 Å². The molecule has 5 aliphatic rings. The highest BCUT2D eigenvalue weighted by Gasteiger charge is 2.62. The van der Waals surface area contributed by atoms with E-state index in [1.54, 1.807) is 10.9 Å². The molecule has 1 aromatic carbocycles. The summed E-state index contributed by atoms with van der Waals surface area (Å²) in [6, 6.07) is 4.80. The summed E-state index contributed by atoms with van der Waals surface area (Å²) in [6.45, 7) is 5.69. The van der Waals surface area contributed by atoms with Crippen LogP contribution in [0.3, 0.4) is 0 Å². The average Bonchev–Trinajstić information content (AvgIpc) is 3.36. The van der Waals surface area contributed by atoms with Gasteiger partial charge in [0.25, 0.3) is 5.91 Å². The quantitative estimate of drug-likeness (QED) is 0.498. The predicted octanol–water partition coefficient (Wildman–Crippen LogP) is 1.85. The molecular formula is C25H31N7O3. The Balaban J connectivity index is 1.18. The number of nitrogens with one attached hydrogen (secondary N) is 2. The summed E-state index contributed by atoms with van der Waals surface area (Å²) < 4.78 is 0. The molecule has 184 valence electrons. The second kappa shape index (κ2) is 7.68. The minimum atomic E-state index is -0.783. The van der Waals surface area contributed by atoms with Crippen molar-refractivity contribution in [2.75, 3.05) is 4.90 Å². The Morgan fingerprint density at radius 3 is 2.51 bits per heavy atom. The number of hydrogen-bond donors (Lipinski definition) is 2. The highest BCUT2D eigenvalue weighted by atomic mass is 16.2. The molecule has 0 unspecified atom stereocenters. The van der Waals surface area contributed by atoms with Crippen molar-refractivity contribution in [1.29, 1.82) is 0 Å². The third-order valence-electron chi connectivity index (χ3n) is 8.77. The Bertz CT molecular complexity index is 1220. The van der Waals surface area contributed by atoms with Crippen LogP contribution < -0.4 is 15.8 Å². The highest BCUT2D eigenvalue weighted by molar-refractivity contribution is 6.22. The Morgan fingerprint density at radius 1 is 1.09 bits per heavy atom. The first kappa shape index (κ1) is 22.3. The van der Waals surface area contributed by atoms with Crippen LogP contribution in [0.5, 0.6) is 0 Å². The van der Waals surface area contributed by atoms with Crippen molar-refractivity contribution in [3.05, 3.63) is 35.2 Å². The summed E-state index contributed by atoms with van der Waals surface area (Å²) in [6.07, 6.45) is 5.43. The van der Waals surface area contributed by atoms with E-state index in [4.69, 9.17) is 0 Å². The molecule has 0 spiro atoms. The van der Waals surface area contributed by atoms with Gasteiger partial charge >= 0.3 is 0 Å². The zero-order valence-corrected chi connectivity index (χ0v) is 20.4. The first-order valence-corrected chi connectivity index (χ1v) is 12.5. The van der Waals surface area contributed by atoms with Crippen molar-refractivity contribution in [2.24, 2.45) is 17.3 Å². The Labute approximate surface area is 203 Å². The molecule has 4 saturated carbocycles. The van der Waals surface area contributed by atoms with E-state index in [2.05, 4.69) is 26.3 Å². The molecule has 1 saturated heterocycles. The lowest BCUT2D eigenvalue weighted by molar-refractivity contribution is -0.158. The van der Waals surface area contributed by atoms with Crippen LogP contribution in [0.25, 0.3) is 0 Å². The number of amides is 3. The number of carbonyl (C=O) groups is 3. The lowest BCUT2D eigenvalue weighted by Crippen LogP contribution is -2.63. The number of rotatable bonds is 5. The van der Waals surface area contributed by atoms with Gasteiger partial charge in [-0.15, -0.1) is 10.2 Å². The van der Waals surface area contributed by atoms with Gasteiger partial charge in [0.15, 0.2) is 5.82 Å². The molecular weight excluding hydrogens is 446 g/mol. The number of aromatic nitrogens is 4. The standard InChI is InChI=1S/C25H31N7O3/c1-14-5-4-6-20(15(14)2)31-21(33)8-19(22(31)34)27-28-23(35)24-9-17-7-18(10-24)12-25(11-17,13-24)32-29-16(3)26-30-32/h4-6,17-19,27H,7-13H2,1-3H3,(H,28,35)/t17-,18-,19+,24?,25?/m0/s1. The molecule has 2 N–H and O–H groups in total. The maximum atomic E-state index is 13.6. The number of hydrogen-bond acceptors (Lipinski definition) is 7. The highest BCUT2D eigenvalue weighted by Crippen LogP contribution is 2.63. The van der Waals surface area contributed by atoms with Crippen LogP contribution in [0.4, 0.5) is 5.69 Å². The molecule has 10 nitrogen and oxygen atoms in total. The first-order valence-electron chi connectivity index (χ1n) is 12.5. The van der Waals surface area contributed by atoms with E-state index in [1.807, 2.05) is 32.9 Å². The van der Waals surface area contributed by atoms with Crippen molar-refractivity contribution in [1.82, 2.24) is 31.1 Å². The molecule has 2 heterocycles. The van der Waals surface area contributed by atoms with Crippen molar-refractivity contribution in [2.45, 2.75) is 77.3 Å². The van der Waals surface area contributed by atoms with Crippen molar-refractivity contribution in [3.63, 3.8) is 0 Å². The second-order valence-corrected chi connectivity index (χ2v) is 11.2. The maximum absolute atomic E-state index is 13.6. The van der Waals surface area contributed by atoms with E-state index in [1.165, 1.54) is 4.90 Å². The van der Waals surface area contributed by atoms with E-state index < -0.39 is 11.5 Å². The minimum absolute atomic E-state index is 0.0108. The van der Waals surface area contributed by atoms with Crippen LogP contribution in [0.2, 0.25) is 0 Å². The Kier molecular flexibility index (Phi) is 4.90. The third-order valence-corrected chi connectivity index (χ3v) is 8.77. The van der Waals surface area contributed by atoms with Gasteiger partial charge in [0, 0.05) is 0 Å². The van der Waals surface area contributed by atoms with E-state index in [-0.39, 0.29) is 29.7 Å². The van der Waals surface area contributed by atoms with Crippen molar-refractivity contribution in [3.8, 4) is 0 Å². The van der Waals surface area contributed by atoms with Gasteiger partial charge in [-0.3, -0.25) is 19.8 Å². The van der Waals surface area contributed by atoms with Crippen molar-refractivity contribution >= 4 is 23.4 Å². The minimum Gasteiger partial charge on any atom is -0.290 e. The smallest absolute Gasteiger partial charge is 0.253 e. The summed E-state index contributed by atoms with van der Waals surface area (Å²) >= 11 is 0. The van der Waals surface area contributed by atoms with Crippen LogP contribution in [0, 0.1) is 38.0 Å². The van der Waals surface area contributed by atoms with Crippen LogP contribution in [0.15, 0.2) is 18.2 Å². The molecule has 3 atom stereocenters. The largest absolute Gasteiger partial charge is 0.290 e. The number of anilines is 1. The SMILES string of the molecule is Cc1nnn(C23C[C@H]4C[C@@H](CC(C(=O)NN[C@@H]5CC(=O)N(c6cccc(C)c6C)C5=O)(C4)C2)C3)n1. The Hall–Kier alpha value is -3.14. The van der Waals surface area contributed by atoms with E-state index in [9.17, 15) is 14.4 Å². The molecule has 0 radical (unpaired) electrons. The molecule has 5 fully saturated rings. The number of imide groups is 1. The fraction of sp³-hybridized carbons (Fsp3) is 0.600. The lowest BCUT2D eigenvalue weighted by atomic mass is 9.46. The van der Waals surface area contributed by atoms with Gasteiger partial charge in [-0.25, -0.2) is 10.3 Å². The van der Waals surface area contributed by atoms with Crippen LogP contribution in [0.1, 0.15) is 61.9 Å². The third kappa shape index (κ3) is 3.41. The number of benzene rings is 1. The van der Waals surface area contributed by atoms with Gasteiger partial charge < -0.3 is 0 Å². The zero-order valence-electron chi connectivity index (χ0n) is 20.4. The van der Waals surface area contributed by atoms with Gasteiger partial charge in [-0.2, -0.15) is 4.80 Å². The van der Waals surface area contributed by atoms with Gasteiger partial charge in [-0.1, -0.05) is 12.1 Å². The average molecular weight is 478 g/mol. The van der Waals surface area contributed by atoms with Gasteiger partial charge in [0.1, 0.15) is 6.04 Å². The molecule has 4 aliphatic carbocycles. The lowest BCUT2D eigenvalue weighted by Gasteiger charge is -2.60. The number of aryl methyl sites for hydroxylation is 2. The number of tetrazole rings is 1. The van der Waals surface area contributed by atoms with Gasteiger partial charge in [-0.05, 0) is 93.5 Å². The van der Waals surface area contributed by atoms with Crippen molar-refractivity contribution < 1.29 is 14.4 Å². The normalized spacial score (nSPS) is 33.6. The summed E-state index contributed by atoms with van der Waals surface area (Å²) in [5, 5.41) is 12.9. The summed E-state index contributed by atoms with van der Waals surface area (Å²) in [5.74, 6) is 0.827. The molecule has 4 bridgehead atoms. The maximum Gasteiger partial charge on any atom is 0.253 e. The Morgan fingerprint density at radius 2 is 1.83 bits per heavy atom. The van der Waals surface area contributed by atoms with E-state index in [0.29, 0.717) is 29.8 Å². The molecule has 1 aromatic heterocycles. The second-order valence-electron chi connectivity index (χ2n) is 11.2. The van der Waals surface area contributed by atoms with Crippen LogP contribution >= 0.6 is 0 Å². The number of carbonyl (C=O) groups excluding carboxylic acids is 3. The topological polar surface area (TPSA) is 122 Å². The monoisotopic (exact) mass is 477 g/mol. The fourth-order valence-electron chi connectivity index (χ4n) is 7.46. The summed E-state index contributed by atoms with van der Waals surface area (Å²) in [4.78, 5) is 42.5. The fourth-order valence-corrected chi connectivity index (χ4v) is 7.46. The number of nitrogens with zero attached hydrogens (tertiary/aromatic N) is 5. The molecule has 3 amide bonds. The van der Waals surface area contributed by atoms with Crippen LogP contribution in [-0.2, 0) is 19.9 Å². The molecule has 10 heteroatoms. The zero-order chi connectivity index (χ0) is 24.5. The van der Waals surface area contributed by atoms with E-state index in [0.717, 1.165) is 43.2 Å². The predicted molar refractivity (Wildman–Crippen MR) is 126 cm³/mol. The van der Waals surface area contributed by atoms with Crippen LogP contribution in [-0.4, -0.2) is 44.0 Å². The molecule has 35 heavy (non-hydrogen) atoms. The van der Waals surface area contributed by atoms with E-state index >= 15 is 0 Å². The molecule has 7 rings (SSSR count). The molecule has 1 aliphatic heterocycles. The molecule has 2 aromatic rings. The van der Waals surface area contributed by atoms with Gasteiger partial charge in [0.05, 0.1) is 23.1 Å².